The molecule has 4 heteroatoms. The Balaban J connectivity index is 1.70. The summed E-state index contributed by atoms with van der Waals surface area (Å²) in [7, 11) is 2.04. The maximum Gasteiger partial charge on any atom is 0.243 e. The fourth-order valence-corrected chi connectivity index (χ4v) is 2.50. The summed E-state index contributed by atoms with van der Waals surface area (Å²) in [5.41, 5.74) is 8.05. The Morgan fingerprint density at radius 1 is 1.16 bits per heavy atom. The van der Waals surface area contributed by atoms with Gasteiger partial charge in [-0.25, -0.2) is 9.13 Å². The first-order valence-electron chi connectivity index (χ1n) is 6.58. The van der Waals surface area contributed by atoms with E-state index >= 15 is 0 Å². The van der Waals surface area contributed by atoms with E-state index in [9.17, 15) is 0 Å². The highest BCUT2D eigenvalue weighted by atomic mass is 15.1. The first kappa shape index (κ1) is 11.8. The van der Waals surface area contributed by atoms with Gasteiger partial charge in [-0.15, -0.1) is 0 Å². The molecule has 0 radical (unpaired) electrons. The van der Waals surface area contributed by atoms with Crippen LogP contribution in [0.25, 0.3) is 10.9 Å². The van der Waals surface area contributed by atoms with E-state index in [1.807, 2.05) is 19.2 Å². The van der Waals surface area contributed by atoms with Gasteiger partial charge in [-0.05, 0) is 18.2 Å². The largest absolute Gasteiger partial charge is 0.398 e. The molecule has 98 valence electrons. The monoisotopic (exact) mass is 255 g/mol. The maximum absolute atomic E-state index is 5.97. The lowest BCUT2D eigenvalue weighted by Gasteiger charge is -2.04. The van der Waals surface area contributed by atoms with Gasteiger partial charge in [0.15, 0.2) is 0 Å². The van der Waals surface area contributed by atoms with Gasteiger partial charge in [0.2, 0.25) is 6.33 Å². The lowest BCUT2D eigenvalue weighted by molar-refractivity contribution is -0.671. The van der Waals surface area contributed by atoms with Gasteiger partial charge in [-0.1, -0.05) is 6.07 Å². The SMILES string of the molecule is C[n+]1ccn(CCCn2ccc3c(N)cccc32)c1. The Morgan fingerprint density at radius 2 is 2.05 bits per heavy atom. The van der Waals surface area contributed by atoms with Crippen LogP contribution in [0.1, 0.15) is 6.42 Å². The molecule has 19 heavy (non-hydrogen) atoms. The number of aromatic nitrogens is 3. The van der Waals surface area contributed by atoms with Crippen LogP contribution in [-0.2, 0) is 20.1 Å². The summed E-state index contributed by atoms with van der Waals surface area (Å²) in [5, 5.41) is 1.15. The lowest BCUT2D eigenvalue weighted by Crippen LogP contribution is -2.23. The Hall–Kier alpha value is -2.23. The minimum absolute atomic E-state index is 0.855. The summed E-state index contributed by atoms with van der Waals surface area (Å²) < 4.78 is 6.54. The second-order valence-corrected chi connectivity index (χ2v) is 4.96. The average Bonchev–Trinajstić information content (AvgIpc) is 2.98. The molecule has 3 rings (SSSR count). The molecule has 0 aliphatic rings. The summed E-state index contributed by atoms with van der Waals surface area (Å²) in [6.07, 6.45) is 9.49. The van der Waals surface area contributed by atoms with Crippen molar-refractivity contribution in [1.82, 2.24) is 9.13 Å². The fourth-order valence-electron chi connectivity index (χ4n) is 2.50. The van der Waals surface area contributed by atoms with Crippen LogP contribution in [0.5, 0.6) is 0 Å². The number of imidazole rings is 1. The van der Waals surface area contributed by atoms with E-state index in [0.29, 0.717) is 0 Å². The molecule has 0 atom stereocenters. The molecule has 0 aliphatic heterocycles. The molecule has 0 amide bonds. The first-order valence-corrected chi connectivity index (χ1v) is 6.58. The van der Waals surface area contributed by atoms with Gasteiger partial charge in [0.05, 0.1) is 19.1 Å². The number of nitrogens with two attached hydrogens (primary N) is 1. The zero-order chi connectivity index (χ0) is 13.2. The van der Waals surface area contributed by atoms with Gasteiger partial charge in [-0.3, -0.25) is 0 Å². The van der Waals surface area contributed by atoms with Gasteiger partial charge in [0.25, 0.3) is 0 Å². The molecule has 0 saturated carbocycles. The molecule has 0 spiro atoms. The van der Waals surface area contributed by atoms with E-state index in [0.717, 1.165) is 30.6 Å². The zero-order valence-electron chi connectivity index (χ0n) is 11.2. The van der Waals surface area contributed by atoms with E-state index in [4.69, 9.17) is 5.73 Å². The summed E-state index contributed by atoms with van der Waals surface area (Å²) >= 11 is 0. The van der Waals surface area contributed by atoms with Crippen molar-refractivity contribution in [2.75, 3.05) is 5.73 Å². The van der Waals surface area contributed by atoms with Crippen molar-refractivity contribution in [3.63, 3.8) is 0 Å². The van der Waals surface area contributed by atoms with Crippen LogP contribution < -0.4 is 10.3 Å². The van der Waals surface area contributed by atoms with Crippen LogP contribution in [0.4, 0.5) is 5.69 Å². The first-order chi connectivity index (χ1) is 9.24. The summed E-state index contributed by atoms with van der Waals surface area (Å²) in [6, 6.07) is 8.19. The number of benzene rings is 1. The predicted molar refractivity (Wildman–Crippen MR) is 76.6 cm³/mol. The van der Waals surface area contributed by atoms with E-state index in [1.54, 1.807) is 0 Å². The van der Waals surface area contributed by atoms with Gasteiger partial charge >= 0.3 is 0 Å². The van der Waals surface area contributed by atoms with Gasteiger partial charge in [-0.2, -0.15) is 0 Å². The standard InChI is InChI=1S/C15H19N4/c1-17-10-11-18(12-17)7-3-8-19-9-6-13-14(16)4-2-5-15(13)19/h2,4-6,9-12H,3,7-8,16H2,1H3/q+1. The van der Waals surface area contributed by atoms with Crippen LogP contribution >= 0.6 is 0 Å². The van der Waals surface area contributed by atoms with E-state index in [1.165, 1.54) is 5.52 Å². The minimum atomic E-state index is 0.855. The average molecular weight is 255 g/mol. The number of aryl methyl sites for hydroxylation is 3. The molecule has 2 heterocycles. The molecule has 4 nitrogen and oxygen atoms in total. The van der Waals surface area contributed by atoms with E-state index < -0.39 is 0 Å². The molecule has 2 aromatic heterocycles. The van der Waals surface area contributed by atoms with Crippen molar-refractivity contribution >= 4 is 16.6 Å². The van der Waals surface area contributed by atoms with E-state index in [2.05, 4.69) is 50.8 Å². The van der Waals surface area contributed by atoms with Crippen LogP contribution in [0.15, 0.2) is 49.2 Å². The molecule has 0 fully saturated rings. The Bertz CT molecular complexity index is 693. The second kappa shape index (κ2) is 4.80. The van der Waals surface area contributed by atoms with Crippen molar-refractivity contribution in [3.05, 3.63) is 49.2 Å². The van der Waals surface area contributed by atoms with Crippen LogP contribution in [-0.4, -0.2) is 9.13 Å². The normalized spacial score (nSPS) is 11.2. The number of hydrogen-bond acceptors (Lipinski definition) is 1. The van der Waals surface area contributed by atoms with Crippen LogP contribution in [0.3, 0.4) is 0 Å². The Labute approximate surface area is 112 Å². The molecule has 3 aromatic rings. The highest BCUT2D eigenvalue weighted by Crippen LogP contribution is 2.22. The Kier molecular flexibility index (Phi) is 2.99. The summed E-state index contributed by atoms with van der Waals surface area (Å²) in [6.45, 7) is 2.04. The second-order valence-electron chi connectivity index (χ2n) is 4.96. The fraction of sp³-hybridized carbons (Fsp3) is 0.267. The van der Waals surface area contributed by atoms with Crippen molar-refractivity contribution in [3.8, 4) is 0 Å². The third-order valence-electron chi connectivity index (χ3n) is 3.49. The molecule has 0 bridgehead atoms. The number of nitrogens with zero attached hydrogens (tertiary/aromatic N) is 3. The van der Waals surface area contributed by atoms with Crippen molar-refractivity contribution < 1.29 is 4.57 Å². The third-order valence-corrected chi connectivity index (χ3v) is 3.49. The van der Waals surface area contributed by atoms with Crippen molar-refractivity contribution in [1.29, 1.82) is 0 Å². The van der Waals surface area contributed by atoms with Gasteiger partial charge in [0, 0.05) is 30.2 Å². The van der Waals surface area contributed by atoms with Crippen LogP contribution in [0.2, 0.25) is 0 Å². The summed E-state index contributed by atoms with van der Waals surface area (Å²) in [4.78, 5) is 0. The molecule has 1 aromatic carbocycles. The van der Waals surface area contributed by atoms with Crippen molar-refractivity contribution in [2.45, 2.75) is 19.5 Å². The molecule has 0 saturated heterocycles. The zero-order valence-corrected chi connectivity index (χ0v) is 11.2. The van der Waals surface area contributed by atoms with E-state index in [-0.39, 0.29) is 0 Å². The highest BCUT2D eigenvalue weighted by molar-refractivity contribution is 5.91. The van der Waals surface area contributed by atoms with Crippen LogP contribution in [0, 0.1) is 0 Å². The van der Waals surface area contributed by atoms with Crippen molar-refractivity contribution in [2.24, 2.45) is 7.05 Å². The predicted octanol–water partition coefficient (Wildman–Crippen LogP) is 1.94. The van der Waals surface area contributed by atoms with Gasteiger partial charge < -0.3 is 10.3 Å². The molecular formula is C15H19N4+. The highest BCUT2D eigenvalue weighted by Gasteiger charge is 2.04. The third kappa shape index (κ3) is 2.34. The number of rotatable bonds is 4. The quantitative estimate of drug-likeness (QED) is 0.561. The Morgan fingerprint density at radius 3 is 2.84 bits per heavy atom. The molecule has 2 N–H and O–H groups in total. The minimum Gasteiger partial charge on any atom is -0.398 e. The lowest BCUT2D eigenvalue weighted by atomic mass is 10.2. The molecule has 0 aliphatic carbocycles. The smallest absolute Gasteiger partial charge is 0.243 e. The van der Waals surface area contributed by atoms with Gasteiger partial charge in [0.1, 0.15) is 12.4 Å². The number of anilines is 1. The topological polar surface area (TPSA) is 39.8 Å². The number of nitrogen functional groups attached to an aromatic ring is 1. The molecular weight excluding hydrogens is 236 g/mol. The maximum atomic E-state index is 5.97. The summed E-state index contributed by atoms with van der Waals surface area (Å²) in [5.74, 6) is 0. The molecule has 0 unspecified atom stereocenters. The number of fused-ring (bicyclic) bond motifs is 1. The number of hydrogen-bond donors (Lipinski definition) is 1.